The van der Waals surface area contributed by atoms with Gasteiger partial charge in [0.1, 0.15) is 12.2 Å². The Morgan fingerprint density at radius 1 is 1.38 bits per heavy atom. The van der Waals surface area contributed by atoms with Crippen LogP contribution in [0.1, 0.15) is 18.8 Å². The van der Waals surface area contributed by atoms with Crippen LogP contribution in [0.4, 0.5) is 5.95 Å². The quantitative estimate of drug-likeness (QED) is 0.558. The Labute approximate surface area is 120 Å². The van der Waals surface area contributed by atoms with Gasteiger partial charge in [0.15, 0.2) is 0 Å². The van der Waals surface area contributed by atoms with E-state index in [4.69, 9.17) is 0 Å². The van der Waals surface area contributed by atoms with Gasteiger partial charge in [-0.3, -0.25) is 20.5 Å². The first-order valence-corrected chi connectivity index (χ1v) is 6.55. The van der Waals surface area contributed by atoms with Crippen molar-refractivity contribution < 1.29 is 4.79 Å². The molecule has 0 aliphatic carbocycles. The van der Waals surface area contributed by atoms with Crippen LogP contribution in [-0.2, 0) is 4.79 Å². The first kappa shape index (κ1) is 13.3. The van der Waals surface area contributed by atoms with Crippen LogP contribution >= 0.6 is 0 Å². The Morgan fingerprint density at radius 3 is 3.00 bits per heavy atom. The van der Waals surface area contributed by atoms with Crippen molar-refractivity contribution in [2.75, 3.05) is 11.9 Å². The summed E-state index contributed by atoms with van der Waals surface area (Å²) in [5.41, 5.74) is 1.70. The zero-order valence-electron chi connectivity index (χ0n) is 11.4. The zero-order chi connectivity index (χ0) is 14.7. The summed E-state index contributed by atoms with van der Waals surface area (Å²) in [5.74, 6) is 0.947. The van der Waals surface area contributed by atoms with Crippen molar-refractivity contribution in [3.63, 3.8) is 0 Å². The predicted octanol–water partition coefficient (Wildman–Crippen LogP) is 0.970. The predicted molar refractivity (Wildman–Crippen MR) is 77.5 cm³/mol. The number of rotatable bonds is 5. The van der Waals surface area contributed by atoms with Gasteiger partial charge in [-0.15, -0.1) is 0 Å². The average molecular weight is 285 g/mol. The van der Waals surface area contributed by atoms with Gasteiger partial charge in [-0.1, -0.05) is 12.1 Å². The summed E-state index contributed by atoms with van der Waals surface area (Å²) in [5, 5.41) is 12.3. The van der Waals surface area contributed by atoms with Crippen LogP contribution in [0, 0.1) is 0 Å². The number of imidazole rings is 1. The molecule has 0 spiro atoms. The van der Waals surface area contributed by atoms with Crippen LogP contribution < -0.4 is 10.6 Å². The molecule has 0 bridgehead atoms. The summed E-state index contributed by atoms with van der Waals surface area (Å²) in [4.78, 5) is 23.2. The number of amides is 1. The van der Waals surface area contributed by atoms with Crippen LogP contribution in [0.3, 0.4) is 0 Å². The second-order valence-corrected chi connectivity index (χ2v) is 4.62. The molecular weight excluding hydrogens is 270 g/mol. The van der Waals surface area contributed by atoms with E-state index < -0.39 is 0 Å². The Bertz CT molecular complexity index is 701. The summed E-state index contributed by atoms with van der Waals surface area (Å²) < 4.78 is 0. The number of H-pyrrole nitrogens is 2. The number of nitrogens with one attached hydrogen (secondary N) is 4. The van der Waals surface area contributed by atoms with Crippen molar-refractivity contribution in [2.24, 2.45) is 0 Å². The molecule has 2 heterocycles. The Balaban J connectivity index is 1.56. The highest BCUT2D eigenvalue weighted by molar-refractivity contribution is 5.92. The molecule has 3 aromatic rings. The highest BCUT2D eigenvalue weighted by atomic mass is 16.2. The summed E-state index contributed by atoms with van der Waals surface area (Å²) in [7, 11) is 0. The molecule has 8 heteroatoms. The van der Waals surface area contributed by atoms with E-state index in [1.54, 1.807) is 0 Å². The van der Waals surface area contributed by atoms with Gasteiger partial charge >= 0.3 is 0 Å². The molecule has 1 amide bonds. The number of aromatic nitrogens is 5. The second-order valence-electron chi connectivity index (χ2n) is 4.62. The molecule has 1 aromatic carbocycles. The van der Waals surface area contributed by atoms with Crippen molar-refractivity contribution >= 4 is 22.9 Å². The van der Waals surface area contributed by atoms with Crippen molar-refractivity contribution in [1.82, 2.24) is 30.5 Å². The number of para-hydroxylation sites is 2. The lowest BCUT2D eigenvalue weighted by atomic mass is 10.3. The summed E-state index contributed by atoms with van der Waals surface area (Å²) in [6.45, 7) is 2.05. The van der Waals surface area contributed by atoms with Crippen LogP contribution in [0.5, 0.6) is 0 Å². The highest BCUT2D eigenvalue weighted by Gasteiger charge is 2.11. The molecule has 0 saturated heterocycles. The van der Waals surface area contributed by atoms with Gasteiger partial charge in [-0.05, 0) is 19.1 Å². The molecule has 4 N–H and O–H groups in total. The fraction of sp³-hybridized carbons (Fsp3) is 0.231. The summed E-state index contributed by atoms with van der Waals surface area (Å²) in [6, 6.07) is 7.50. The smallest absolute Gasteiger partial charge is 0.240 e. The van der Waals surface area contributed by atoms with E-state index in [0.29, 0.717) is 11.8 Å². The lowest BCUT2D eigenvalue weighted by Gasteiger charge is -2.09. The van der Waals surface area contributed by atoms with Gasteiger partial charge in [-0.2, -0.15) is 5.10 Å². The number of hydrogen-bond donors (Lipinski definition) is 4. The monoisotopic (exact) mass is 285 g/mol. The van der Waals surface area contributed by atoms with Crippen LogP contribution in [0.25, 0.3) is 11.0 Å². The maximum absolute atomic E-state index is 11.9. The van der Waals surface area contributed by atoms with Gasteiger partial charge in [0.25, 0.3) is 0 Å². The van der Waals surface area contributed by atoms with Gasteiger partial charge in [0.05, 0.1) is 23.6 Å². The molecule has 0 fully saturated rings. The molecule has 3 rings (SSSR count). The zero-order valence-corrected chi connectivity index (χ0v) is 11.4. The number of fused-ring (bicyclic) bond motifs is 1. The van der Waals surface area contributed by atoms with E-state index in [1.807, 2.05) is 31.2 Å². The highest BCUT2D eigenvalue weighted by Crippen LogP contribution is 2.13. The van der Waals surface area contributed by atoms with Crippen LogP contribution in [0.15, 0.2) is 30.6 Å². The minimum Gasteiger partial charge on any atom is -0.324 e. The number of aromatic amines is 2. The van der Waals surface area contributed by atoms with Crippen LogP contribution in [-0.4, -0.2) is 37.6 Å². The van der Waals surface area contributed by atoms with E-state index in [2.05, 4.69) is 35.8 Å². The van der Waals surface area contributed by atoms with E-state index in [-0.39, 0.29) is 18.5 Å². The first-order chi connectivity index (χ1) is 10.2. The Hall–Kier alpha value is -2.74. The molecule has 0 saturated carbocycles. The molecular formula is C13H15N7O. The van der Waals surface area contributed by atoms with Crippen molar-refractivity contribution in [3.05, 3.63) is 36.4 Å². The van der Waals surface area contributed by atoms with Crippen molar-refractivity contribution in [2.45, 2.75) is 13.0 Å². The normalized spacial score (nSPS) is 12.4. The van der Waals surface area contributed by atoms with Crippen molar-refractivity contribution in [3.8, 4) is 0 Å². The SMILES string of the molecule is CC(NCC(=O)Nc1nc2ccccc2[nH]1)c1ncn[nH]1. The number of nitrogens with zero attached hydrogens (tertiary/aromatic N) is 3. The van der Waals surface area contributed by atoms with Crippen molar-refractivity contribution in [1.29, 1.82) is 0 Å². The maximum atomic E-state index is 11.9. The third-order valence-corrected chi connectivity index (χ3v) is 3.06. The van der Waals surface area contributed by atoms with E-state index in [0.717, 1.165) is 11.0 Å². The minimum atomic E-state index is -0.180. The standard InChI is InChI=1S/C13H15N7O/c1-8(12-15-7-16-20-12)14-6-11(21)19-13-17-9-4-2-3-5-10(9)18-13/h2-5,7-8,14H,6H2,1H3,(H,15,16,20)(H2,17,18,19,21). The van der Waals surface area contributed by atoms with Gasteiger partial charge in [0.2, 0.25) is 11.9 Å². The van der Waals surface area contributed by atoms with Crippen LogP contribution in [0.2, 0.25) is 0 Å². The van der Waals surface area contributed by atoms with E-state index >= 15 is 0 Å². The fourth-order valence-corrected chi connectivity index (χ4v) is 1.95. The first-order valence-electron chi connectivity index (χ1n) is 6.55. The lowest BCUT2D eigenvalue weighted by molar-refractivity contribution is -0.115. The fourth-order valence-electron chi connectivity index (χ4n) is 1.95. The molecule has 0 aliphatic rings. The summed E-state index contributed by atoms with van der Waals surface area (Å²) in [6.07, 6.45) is 1.43. The van der Waals surface area contributed by atoms with Gasteiger partial charge in [0, 0.05) is 0 Å². The number of carbonyl (C=O) groups excluding carboxylic acids is 1. The molecule has 2 aromatic heterocycles. The Kier molecular flexibility index (Phi) is 3.61. The topological polar surface area (TPSA) is 111 Å². The third-order valence-electron chi connectivity index (χ3n) is 3.06. The number of anilines is 1. The van der Waals surface area contributed by atoms with Gasteiger partial charge in [-0.25, -0.2) is 9.97 Å². The molecule has 1 atom stereocenters. The number of carbonyl (C=O) groups is 1. The maximum Gasteiger partial charge on any atom is 0.240 e. The second kappa shape index (κ2) is 5.71. The number of hydrogen-bond acceptors (Lipinski definition) is 5. The summed E-state index contributed by atoms with van der Waals surface area (Å²) >= 11 is 0. The molecule has 108 valence electrons. The molecule has 21 heavy (non-hydrogen) atoms. The number of benzene rings is 1. The Morgan fingerprint density at radius 2 is 2.24 bits per heavy atom. The largest absolute Gasteiger partial charge is 0.324 e. The van der Waals surface area contributed by atoms with Gasteiger partial charge < -0.3 is 4.98 Å². The molecule has 8 nitrogen and oxygen atoms in total. The third kappa shape index (κ3) is 3.06. The van der Waals surface area contributed by atoms with E-state index in [9.17, 15) is 4.79 Å². The molecule has 1 unspecified atom stereocenters. The lowest BCUT2D eigenvalue weighted by Crippen LogP contribution is -2.30. The average Bonchev–Trinajstić information content (AvgIpc) is 3.13. The molecule has 0 radical (unpaired) electrons. The minimum absolute atomic E-state index is 0.0890. The van der Waals surface area contributed by atoms with E-state index in [1.165, 1.54) is 6.33 Å². The molecule has 0 aliphatic heterocycles.